The van der Waals surface area contributed by atoms with Crippen LogP contribution in [0.25, 0.3) is 5.57 Å². The minimum Gasteiger partial charge on any atom is -0.508 e. The number of hydrogen-bond acceptors (Lipinski definition) is 17. The van der Waals surface area contributed by atoms with E-state index in [0.29, 0.717) is 98.4 Å². The predicted octanol–water partition coefficient (Wildman–Crippen LogP) is 26.9. The van der Waals surface area contributed by atoms with Gasteiger partial charge in [-0.25, -0.2) is 41.5 Å². The Kier molecular flexibility index (Phi) is 34.6. The van der Waals surface area contributed by atoms with Crippen LogP contribution in [0.5, 0.6) is 28.7 Å². The van der Waals surface area contributed by atoms with Crippen LogP contribution >= 0.6 is 23.2 Å². The van der Waals surface area contributed by atoms with Crippen LogP contribution in [0.4, 0.5) is 17.6 Å². The number of ketones is 2. The molecule has 17 nitrogen and oxygen atoms in total. The molecule has 0 radical (unpaired) electrons. The van der Waals surface area contributed by atoms with E-state index in [1.54, 1.807) is 144 Å². The molecule has 4 saturated carbocycles. The summed E-state index contributed by atoms with van der Waals surface area (Å²) in [7, 11) is 0. The van der Waals surface area contributed by atoms with E-state index in [0.717, 1.165) is 95.0 Å². The lowest BCUT2D eigenvalue weighted by atomic mass is 9.58. The first kappa shape index (κ1) is 105. The molecule has 1 atom stereocenters. The second-order valence-corrected chi connectivity index (χ2v) is 36.7. The largest absolute Gasteiger partial charge is 0.508 e. The first-order valence-corrected chi connectivity index (χ1v) is 48.3. The van der Waals surface area contributed by atoms with Gasteiger partial charge in [-0.1, -0.05) is 272 Å². The molecule has 0 saturated heterocycles. The molecule has 1 N–H and O–H groups in total. The van der Waals surface area contributed by atoms with Gasteiger partial charge in [0.1, 0.15) is 61.0 Å². The van der Waals surface area contributed by atoms with Gasteiger partial charge in [-0.05, 0) is 239 Å². The van der Waals surface area contributed by atoms with Gasteiger partial charge in [0.05, 0.1) is 66.3 Å². The minimum absolute atomic E-state index is 0.0950. The third-order valence-corrected chi connectivity index (χ3v) is 26.9. The maximum Gasteiger partial charge on any atom is 0.338 e. The van der Waals surface area contributed by atoms with Crippen LogP contribution in [0.2, 0.25) is 0 Å². The van der Waals surface area contributed by atoms with E-state index in [9.17, 15) is 56.2 Å². The van der Waals surface area contributed by atoms with Crippen LogP contribution < -0.4 is 18.9 Å². The number of rotatable bonds is 32. The summed E-state index contributed by atoms with van der Waals surface area (Å²) in [6.07, 6.45) is 0.00786. The van der Waals surface area contributed by atoms with Crippen LogP contribution in [0, 0.1) is 0 Å². The minimum atomic E-state index is -2.71. The number of phenols is 1. The van der Waals surface area contributed by atoms with Crippen molar-refractivity contribution < 1.29 is 98.9 Å². The van der Waals surface area contributed by atoms with Crippen LogP contribution in [0.1, 0.15) is 209 Å². The molecule has 4 fully saturated rings. The highest BCUT2D eigenvalue weighted by molar-refractivity contribution is 6.62. The highest BCUT2D eigenvalue weighted by Gasteiger charge is 2.66. The number of Topliss-reactive ketones (excluding diaryl/α,β-unsaturated/α-hetero) is 2. The van der Waals surface area contributed by atoms with Gasteiger partial charge in [0.2, 0.25) is 0 Å². The molecule has 4 aliphatic rings. The Bertz CT molecular complexity index is 6660. The summed E-state index contributed by atoms with van der Waals surface area (Å²) >= 11 is 13.1. The first-order chi connectivity index (χ1) is 69.4. The molecule has 0 aromatic heterocycles. The molecule has 144 heavy (non-hydrogen) atoms. The number of carbonyl (C=O) groups excluding carboxylic acids is 7. The molecule has 4 aliphatic carbocycles. The Balaban J connectivity index is 0.000000143. The highest BCUT2D eigenvalue weighted by Crippen LogP contribution is 2.61. The third-order valence-electron chi connectivity index (χ3n) is 25.8. The Morgan fingerprint density at radius 2 is 0.493 bits per heavy atom. The van der Waals surface area contributed by atoms with Gasteiger partial charge in [-0.3, -0.25) is 9.59 Å². The SMILES string of the molecule is C=C(c1ccc(OCc2ccccc2)cc1)c1ccc(C(=O)OCC)cc1.CCOC(=O)c1ccc(C2(c3ccc(O)cc3)CC(F)(F)C2)cc1.CCOC(=O)c1ccc(C2(c3ccc(OCc4ccccc4)cc3)CC(=O)C2(Cl)Cl)cc1.CCOC(=O)c1ccc(C2(c3ccc(OCc4ccccc4)cc3)CC(=O)C2)cc1.CCOC(=O)c1ccc(C2(c3ccc(OCc4ccccc4)cc3)CC(F)(F)C2)cc1. The Labute approximate surface area is 845 Å². The predicted molar refractivity (Wildman–Crippen MR) is 547 cm³/mol. The van der Waals surface area contributed by atoms with Crippen molar-refractivity contribution in [3.63, 3.8) is 0 Å². The molecular formula is C121H110Cl2F4O17. The van der Waals surface area contributed by atoms with E-state index in [-0.39, 0.29) is 80.0 Å². The third kappa shape index (κ3) is 25.3. The number of ether oxygens (including phenoxy) is 9. The van der Waals surface area contributed by atoms with Gasteiger partial charge in [0, 0.05) is 61.2 Å². The number of esters is 5. The molecule has 738 valence electrons. The lowest BCUT2D eigenvalue weighted by Gasteiger charge is -2.51. The maximum atomic E-state index is 14.0. The Morgan fingerprint density at radius 1 is 0.285 bits per heavy atom. The summed E-state index contributed by atoms with van der Waals surface area (Å²) in [4.78, 5) is 83.6. The summed E-state index contributed by atoms with van der Waals surface area (Å²) < 4.78 is 102. The van der Waals surface area contributed by atoms with Crippen molar-refractivity contribution in [2.75, 3.05) is 33.0 Å². The van der Waals surface area contributed by atoms with Gasteiger partial charge in [-0.15, -0.1) is 0 Å². The fraction of sp³-hybridized carbons (Fsp3) is 0.231. The zero-order chi connectivity index (χ0) is 102. The van der Waals surface area contributed by atoms with Crippen molar-refractivity contribution >= 4 is 70.2 Å². The quantitative estimate of drug-likeness (QED) is 0.0179. The van der Waals surface area contributed by atoms with Crippen molar-refractivity contribution in [2.24, 2.45) is 0 Å². The van der Waals surface area contributed by atoms with Crippen LogP contribution in [-0.2, 0) is 81.4 Å². The van der Waals surface area contributed by atoms with Crippen LogP contribution in [0.15, 0.2) is 371 Å². The Morgan fingerprint density at radius 3 is 0.729 bits per heavy atom. The molecule has 0 spiro atoms. The van der Waals surface area contributed by atoms with E-state index in [1.807, 2.05) is 243 Å². The molecule has 1 unspecified atom stereocenters. The molecule has 0 amide bonds. The molecule has 0 heterocycles. The molecular weight excluding hydrogens is 1870 g/mol. The average molecular weight is 1980 g/mol. The lowest BCUT2D eigenvalue weighted by Crippen LogP contribution is -2.61. The van der Waals surface area contributed by atoms with Crippen molar-refractivity contribution in [1.82, 2.24) is 0 Å². The second kappa shape index (κ2) is 47.6. The lowest BCUT2D eigenvalue weighted by molar-refractivity contribution is -0.128. The fourth-order valence-corrected chi connectivity index (χ4v) is 18.8. The zero-order valence-electron chi connectivity index (χ0n) is 80.4. The van der Waals surface area contributed by atoms with Gasteiger partial charge in [0.15, 0.2) is 10.1 Å². The van der Waals surface area contributed by atoms with E-state index >= 15 is 0 Å². The molecule has 18 rings (SSSR count). The van der Waals surface area contributed by atoms with Crippen molar-refractivity contribution in [2.45, 2.75) is 144 Å². The van der Waals surface area contributed by atoms with Crippen molar-refractivity contribution in [1.29, 1.82) is 0 Å². The summed E-state index contributed by atoms with van der Waals surface area (Å²) in [6.45, 7) is 16.5. The number of halogens is 6. The maximum absolute atomic E-state index is 14.0. The molecule has 14 aromatic rings. The van der Waals surface area contributed by atoms with E-state index < -0.39 is 50.3 Å². The van der Waals surface area contributed by atoms with E-state index in [4.69, 9.17) is 65.8 Å². The van der Waals surface area contributed by atoms with Crippen molar-refractivity contribution in [3.8, 4) is 28.7 Å². The van der Waals surface area contributed by atoms with Gasteiger partial charge < -0.3 is 47.7 Å². The number of phenolic OH excluding ortho intramolecular Hbond substituents is 1. The molecule has 14 aromatic carbocycles. The Hall–Kier alpha value is -15.2. The number of hydrogen-bond donors (Lipinski definition) is 1. The molecule has 0 aliphatic heterocycles. The summed E-state index contributed by atoms with van der Waals surface area (Å²) in [5, 5.41) is 9.43. The van der Waals surface area contributed by atoms with E-state index in [1.165, 1.54) is 12.1 Å². The average Bonchev–Trinajstić information content (AvgIpc) is 0.691. The molecule has 23 heteroatoms. The van der Waals surface area contributed by atoms with Crippen LogP contribution in [-0.4, -0.2) is 95.7 Å². The number of alkyl halides is 6. The summed E-state index contributed by atoms with van der Waals surface area (Å²) in [5.74, 6) is -4.21. The van der Waals surface area contributed by atoms with Gasteiger partial charge in [-0.2, -0.15) is 0 Å². The van der Waals surface area contributed by atoms with Crippen molar-refractivity contribution in [3.05, 3.63) is 476 Å². The summed E-state index contributed by atoms with van der Waals surface area (Å²) in [5.41, 5.74) is 13.4. The normalized spacial score (nSPS) is 15.7. The number of benzene rings is 14. The smallest absolute Gasteiger partial charge is 0.338 e. The van der Waals surface area contributed by atoms with E-state index in [2.05, 4.69) is 6.58 Å². The number of carbonyl (C=O) groups is 7. The first-order valence-electron chi connectivity index (χ1n) is 47.6. The topological polar surface area (TPSA) is 223 Å². The monoisotopic (exact) mass is 1980 g/mol. The standard InChI is InChI=1S/C26H22Cl2O4.C26H24F2O3.C26H24O4.C24H22O3.C19H18F2O3/c1-2-31-24(30)19-8-10-20(11-9-19)25(16-23(29)26(25,27)28)21-12-14-22(15-13-21)32-17-18-6-4-3-5-7-18;1-2-30-24(29)20-8-10-21(11-9-20)25(17-26(27,28)18-25)22-12-14-23(15-13-22)31-16-19-6-4-3-5-7-19;1-2-29-25(28)20-8-10-21(11-9-20)26(16-23(27)17-26)22-12-14-24(15-13-22)30-18-19-6-4-3-5-7-19;1-3-26-24(25)22-11-9-20(10-12-22)18(2)21-13-15-23(16-14-21)27-17-19-7-5-4-6-8-19;1-2-24-17(23)13-3-5-14(6-4-13)18(11-19(20,21)12-18)15-7-9-16(22)10-8-15/h3-15H,2,16-17H2,1H3;3-15H,2,16-18H2,1H3;3-15H,2,16-18H2,1H3;4-16H,2-3,17H2,1H3;3-10,22H,2,11-12H2,1H3. The number of aromatic hydroxyl groups is 1. The van der Waals surface area contributed by atoms with Gasteiger partial charge >= 0.3 is 29.8 Å². The zero-order valence-corrected chi connectivity index (χ0v) is 81.9. The summed E-state index contributed by atoms with van der Waals surface area (Å²) in [6, 6.07) is 112. The van der Waals surface area contributed by atoms with Crippen LogP contribution in [0.3, 0.4) is 0 Å². The van der Waals surface area contributed by atoms with Gasteiger partial charge in [0.25, 0.3) is 11.8 Å². The molecule has 0 bridgehead atoms. The second-order valence-electron chi connectivity index (χ2n) is 35.3. The fourth-order valence-electron chi connectivity index (χ4n) is 18.1. The highest BCUT2D eigenvalue weighted by atomic mass is 35.5.